The highest BCUT2D eigenvalue weighted by Gasteiger charge is 2.00. The number of rotatable bonds is 4. The molecule has 0 bridgehead atoms. The summed E-state index contributed by atoms with van der Waals surface area (Å²) in [5.74, 6) is -0.330. The van der Waals surface area contributed by atoms with Gasteiger partial charge in [0.15, 0.2) is 8.03 Å². The first kappa shape index (κ1) is 9.66. The van der Waals surface area contributed by atoms with Gasteiger partial charge in [-0.2, -0.15) is 0 Å². The molecule has 1 N–H and O–H groups in total. The molecule has 0 aromatic carbocycles. The first-order chi connectivity index (χ1) is 4.66. The van der Waals surface area contributed by atoms with Gasteiger partial charge in [-0.25, -0.2) is 0 Å². The summed E-state index contributed by atoms with van der Waals surface area (Å²) in [5, 5.41) is 0. The molecule has 0 fully saturated rings. The van der Waals surface area contributed by atoms with Gasteiger partial charge in [0.2, 0.25) is 0 Å². The second kappa shape index (κ2) is 5.45. The highest BCUT2D eigenvalue weighted by Crippen LogP contribution is 2.14. The van der Waals surface area contributed by atoms with E-state index in [0.29, 0.717) is 6.42 Å². The summed E-state index contributed by atoms with van der Waals surface area (Å²) in [6.07, 6.45) is 0.869. The van der Waals surface area contributed by atoms with E-state index in [0.717, 1.165) is 0 Å². The molecule has 60 valence electrons. The predicted octanol–water partition coefficient (Wildman–Crippen LogP) is 0.407. The normalized spacial score (nSPS) is 12.6. The number of hydrogen-bond donors (Lipinski definition) is 1. The number of carbonyl (C=O) groups is 1. The molecule has 10 heavy (non-hydrogen) atoms. The van der Waals surface area contributed by atoms with Gasteiger partial charge in [0.05, 0.1) is 7.11 Å². The molecular formula is C5H11O4P. The van der Waals surface area contributed by atoms with E-state index < -0.39 is 8.03 Å². The Morgan fingerprint density at radius 3 is 2.70 bits per heavy atom. The van der Waals surface area contributed by atoms with Crippen molar-refractivity contribution in [3.05, 3.63) is 0 Å². The van der Waals surface area contributed by atoms with Gasteiger partial charge in [0.1, 0.15) is 0 Å². The Balaban J connectivity index is 3.20. The minimum atomic E-state index is -2.40. The lowest BCUT2D eigenvalue weighted by Gasteiger charge is -1.95. The standard InChI is InChI=1S/C5H11O4P/c1-9-5(6)3-2-4-10(7)8/h10H,2-4H2,1H3,(H,7,8). The van der Waals surface area contributed by atoms with Crippen LogP contribution in [0.2, 0.25) is 0 Å². The van der Waals surface area contributed by atoms with Crippen LogP contribution < -0.4 is 0 Å². The molecule has 0 saturated heterocycles. The summed E-state index contributed by atoms with van der Waals surface area (Å²) >= 11 is 0. The van der Waals surface area contributed by atoms with Crippen molar-refractivity contribution < 1.29 is 19.0 Å². The van der Waals surface area contributed by atoms with E-state index >= 15 is 0 Å². The average molecular weight is 166 g/mol. The van der Waals surface area contributed by atoms with E-state index in [4.69, 9.17) is 4.89 Å². The number of hydrogen-bond acceptors (Lipinski definition) is 3. The highest BCUT2D eigenvalue weighted by atomic mass is 31.1. The molecule has 0 heterocycles. The van der Waals surface area contributed by atoms with Crippen LogP contribution in [0.1, 0.15) is 12.8 Å². The maximum atomic E-state index is 10.4. The molecule has 1 atom stereocenters. The third-order valence-electron chi connectivity index (χ3n) is 0.999. The fraction of sp³-hybridized carbons (Fsp3) is 0.800. The number of methoxy groups -OCH3 is 1. The Hall–Kier alpha value is -0.340. The lowest BCUT2D eigenvalue weighted by atomic mass is 10.3. The van der Waals surface area contributed by atoms with Crippen LogP contribution in [-0.2, 0) is 14.1 Å². The third kappa shape index (κ3) is 5.79. The van der Waals surface area contributed by atoms with E-state index in [2.05, 4.69) is 4.74 Å². The van der Waals surface area contributed by atoms with Crippen molar-refractivity contribution in [3.8, 4) is 0 Å². The Kier molecular flexibility index (Phi) is 5.26. The minimum absolute atomic E-state index is 0.208. The van der Waals surface area contributed by atoms with Crippen LogP contribution in [0.25, 0.3) is 0 Å². The maximum Gasteiger partial charge on any atom is 0.305 e. The molecule has 0 radical (unpaired) electrons. The monoisotopic (exact) mass is 166 g/mol. The van der Waals surface area contributed by atoms with Crippen LogP contribution in [-0.4, -0.2) is 24.1 Å². The van der Waals surface area contributed by atoms with Gasteiger partial charge in [-0.3, -0.25) is 9.36 Å². The fourth-order valence-electron chi connectivity index (χ4n) is 0.486. The van der Waals surface area contributed by atoms with Crippen molar-refractivity contribution in [1.29, 1.82) is 0 Å². The first-order valence-corrected chi connectivity index (χ1v) is 4.51. The number of ether oxygens (including phenoxy) is 1. The Bertz CT molecular complexity index is 134. The van der Waals surface area contributed by atoms with Crippen molar-refractivity contribution in [2.24, 2.45) is 0 Å². The summed E-state index contributed by atoms with van der Waals surface area (Å²) < 4.78 is 14.4. The SMILES string of the molecule is COC(=O)CCC[PH](=O)O. The van der Waals surface area contributed by atoms with Crippen molar-refractivity contribution in [2.45, 2.75) is 12.8 Å². The number of carbonyl (C=O) groups excluding carboxylic acids is 1. The van der Waals surface area contributed by atoms with E-state index in [-0.39, 0.29) is 18.6 Å². The summed E-state index contributed by atoms with van der Waals surface area (Å²) in [7, 11) is -1.10. The lowest BCUT2D eigenvalue weighted by molar-refractivity contribution is -0.140. The Labute approximate surface area is 60.1 Å². The molecule has 1 unspecified atom stereocenters. The van der Waals surface area contributed by atoms with E-state index in [9.17, 15) is 9.36 Å². The molecular weight excluding hydrogens is 155 g/mol. The zero-order valence-electron chi connectivity index (χ0n) is 5.79. The van der Waals surface area contributed by atoms with Crippen LogP contribution in [0, 0.1) is 0 Å². The largest absolute Gasteiger partial charge is 0.469 e. The Morgan fingerprint density at radius 2 is 2.30 bits per heavy atom. The van der Waals surface area contributed by atoms with Crippen LogP contribution in [0.5, 0.6) is 0 Å². The zero-order valence-corrected chi connectivity index (χ0v) is 6.79. The molecule has 0 aliphatic heterocycles. The van der Waals surface area contributed by atoms with Crippen molar-refractivity contribution in [2.75, 3.05) is 13.3 Å². The summed E-state index contributed by atoms with van der Waals surface area (Å²) in [5.41, 5.74) is 0. The smallest absolute Gasteiger partial charge is 0.305 e. The lowest BCUT2D eigenvalue weighted by Crippen LogP contribution is -1.99. The second-order valence-electron chi connectivity index (χ2n) is 1.82. The summed E-state index contributed by atoms with van der Waals surface area (Å²) in [6.45, 7) is 0. The molecule has 0 aromatic rings. The molecule has 0 aromatic heterocycles. The number of esters is 1. The van der Waals surface area contributed by atoms with Gasteiger partial charge >= 0.3 is 5.97 Å². The van der Waals surface area contributed by atoms with Crippen molar-refractivity contribution >= 4 is 14.0 Å². The minimum Gasteiger partial charge on any atom is -0.469 e. The topological polar surface area (TPSA) is 63.6 Å². The summed E-state index contributed by atoms with van der Waals surface area (Å²) in [4.78, 5) is 18.7. The van der Waals surface area contributed by atoms with Gasteiger partial charge in [-0.05, 0) is 6.42 Å². The molecule has 0 aliphatic rings. The molecule has 0 amide bonds. The van der Waals surface area contributed by atoms with E-state index in [1.54, 1.807) is 0 Å². The fourth-order valence-corrected chi connectivity index (χ4v) is 0.965. The van der Waals surface area contributed by atoms with Crippen LogP contribution in [0.3, 0.4) is 0 Å². The first-order valence-electron chi connectivity index (χ1n) is 2.95. The molecule has 0 saturated carbocycles. The van der Waals surface area contributed by atoms with Gasteiger partial charge in [0.25, 0.3) is 0 Å². The second-order valence-corrected chi connectivity index (χ2v) is 3.11. The van der Waals surface area contributed by atoms with Crippen LogP contribution in [0.4, 0.5) is 0 Å². The quantitative estimate of drug-likeness (QED) is 0.485. The molecule has 0 aliphatic carbocycles. The molecule has 4 nitrogen and oxygen atoms in total. The van der Waals surface area contributed by atoms with Gasteiger partial charge in [-0.15, -0.1) is 0 Å². The highest BCUT2D eigenvalue weighted by molar-refractivity contribution is 7.37. The average Bonchev–Trinajstić information content (AvgIpc) is 1.87. The van der Waals surface area contributed by atoms with Crippen LogP contribution >= 0.6 is 8.03 Å². The van der Waals surface area contributed by atoms with E-state index in [1.807, 2.05) is 0 Å². The van der Waals surface area contributed by atoms with Crippen molar-refractivity contribution in [3.63, 3.8) is 0 Å². The van der Waals surface area contributed by atoms with E-state index in [1.165, 1.54) is 7.11 Å². The predicted molar refractivity (Wildman–Crippen MR) is 37.3 cm³/mol. The maximum absolute atomic E-state index is 10.4. The Morgan fingerprint density at radius 1 is 1.70 bits per heavy atom. The third-order valence-corrected chi connectivity index (χ3v) is 1.78. The van der Waals surface area contributed by atoms with Gasteiger partial charge in [0, 0.05) is 12.6 Å². The van der Waals surface area contributed by atoms with Gasteiger partial charge < -0.3 is 9.63 Å². The molecule has 0 rings (SSSR count). The van der Waals surface area contributed by atoms with Crippen molar-refractivity contribution in [1.82, 2.24) is 0 Å². The van der Waals surface area contributed by atoms with Crippen LogP contribution in [0.15, 0.2) is 0 Å². The molecule has 0 spiro atoms. The summed E-state index contributed by atoms with van der Waals surface area (Å²) in [6, 6.07) is 0. The van der Waals surface area contributed by atoms with Gasteiger partial charge in [-0.1, -0.05) is 0 Å². The molecule has 5 heteroatoms. The zero-order chi connectivity index (χ0) is 7.98.